The third-order valence-electron chi connectivity index (χ3n) is 3.10. The highest BCUT2D eigenvalue weighted by atomic mass is 16.5. The molecule has 4 nitrogen and oxygen atoms in total. The molecule has 1 heterocycles. The average molecular weight is 274 g/mol. The Hall–Kier alpha value is -1.81. The molecule has 1 unspecified atom stereocenters. The molecule has 0 saturated heterocycles. The summed E-state index contributed by atoms with van der Waals surface area (Å²) in [6, 6.07) is 7.83. The first-order valence-electron chi connectivity index (χ1n) is 6.95. The molecule has 2 aromatic rings. The van der Waals surface area contributed by atoms with E-state index in [0.717, 1.165) is 17.1 Å². The predicted octanol–water partition coefficient (Wildman–Crippen LogP) is 2.75. The minimum atomic E-state index is -0.554. The molecule has 0 spiro atoms. The van der Waals surface area contributed by atoms with Gasteiger partial charge in [0.15, 0.2) is 0 Å². The van der Waals surface area contributed by atoms with E-state index >= 15 is 0 Å². The number of aliphatic hydroxyl groups excluding tert-OH is 1. The Bertz CT molecular complexity index is 549. The Labute approximate surface area is 120 Å². The van der Waals surface area contributed by atoms with Crippen LogP contribution in [0, 0.1) is 6.92 Å². The summed E-state index contributed by atoms with van der Waals surface area (Å²) >= 11 is 0. The molecule has 0 bridgehead atoms. The number of rotatable bonds is 6. The third-order valence-corrected chi connectivity index (χ3v) is 3.10. The van der Waals surface area contributed by atoms with E-state index in [1.54, 1.807) is 6.20 Å². The number of imidazole rings is 1. The Balaban J connectivity index is 1.89. The van der Waals surface area contributed by atoms with Gasteiger partial charge in [-0.15, -0.1) is 0 Å². The first kappa shape index (κ1) is 14.6. The molecule has 1 aromatic carbocycles. The van der Waals surface area contributed by atoms with Gasteiger partial charge in [-0.2, -0.15) is 0 Å². The molecule has 108 valence electrons. The molecule has 20 heavy (non-hydrogen) atoms. The number of nitrogens with zero attached hydrogens (tertiary/aromatic N) is 2. The normalized spacial score (nSPS) is 12.7. The molecule has 0 saturated carbocycles. The van der Waals surface area contributed by atoms with Gasteiger partial charge in [-0.05, 0) is 24.6 Å². The fraction of sp³-hybridized carbons (Fsp3) is 0.438. The van der Waals surface area contributed by atoms with Crippen molar-refractivity contribution in [1.29, 1.82) is 0 Å². The van der Waals surface area contributed by atoms with E-state index in [9.17, 15) is 5.11 Å². The van der Waals surface area contributed by atoms with E-state index in [1.807, 2.05) is 42.0 Å². The summed E-state index contributed by atoms with van der Waals surface area (Å²) in [6.45, 7) is 6.98. The Morgan fingerprint density at radius 3 is 2.85 bits per heavy atom. The monoisotopic (exact) mass is 274 g/mol. The van der Waals surface area contributed by atoms with Crippen molar-refractivity contribution in [2.45, 2.75) is 39.3 Å². The highest BCUT2D eigenvalue weighted by molar-refractivity contribution is 5.27. The minimum absolute atomic E-state index is 0.277. The quantitative estimate of drug-likeness (QED) is 0.881. The molecule has 0 fully saturated rings. The van der Waals surface area contributed by atoms with Crippen LogP contribution in [0.4, 0.5) is 0 Å². The summed E-state index contributed by atoms with van der Waals surface area (Å²) in [7, 11) is 0. The van der Waals surface area contributed by atoms with Gasteiger partial charge in [0.05, 0.1) is 6.54 Å². The zero-order valence-corrected chi connectivity index (χ0v) is 12.3. The zero-order chi connectivity index (χ0) is 14.5. The van der Waals surface area contributed by atoms with Crippen LogP contribution >= 0.6 is 0 Å². The van der Waals surface area contributed by atoms with Crippen molar-refractivity contribution in [2.75, 3.05) is 6.61 Å². The summed E-state index contributed by atoms with van der Waals surface area (Å²) < 4.78 is 7.60. The Morgan fingerprint density at radius 2 is 2.15 bits per heavy atom. The average Bonchev–Trinajstić information content (AvgIpc) is 2.85. The van der Waals surface area contributed by atoms with Crippen LogP contribution in [0.25, 0.3) is 0 Å². The lowest BCUT2D eigenvalue weighted by Crippen LogP contribution is -2.24. The summed E-state index contributed by atoms with van der Waals surface area (Å²) in [5.74, 6) is 2.12. The zero-order valence-electron chi connectivity index (χ0n) is 12.3. The highest BCUT2D eigenvalue weighted by Crippen LogP contribution is 2.14. The summed E-state index contributed by atoms with van der Waals surface area (Å²) in [5, 5.41) is 10.1. The molecule has 0 amide bonds. The SMILES string of the molecule is Cc1cccc(OCC(O)Cn2ccnc2C(C)C)c1. The van der Waals surface area contributed by atoms with Gasteiger partial charge in [0, 0.05) is 18.3 Å². The van der Waals surface area contributed by atoms with Gasteiger partial charge in [0.25, 0.3) is 0 Å². The highest BCUT2D eigenvalue weighted by Gasteiger charge is 2.12. The molecule has 1 N–H and O–H groups in total. The summed E-state index contributed by atoms with van der Waals surface area (Å²) in [4.78, 5) is 4.31. The van der Waals surface area contributed by atoms with E-state index in [-0.39, 0.29) is 6.61 Å². The van der Waals surface area contributed by atoms with Gasteiger partial charge < -0.3 is 14.4 Å². The third kappa shape index (κ3) is 3.84. The number of aryl methyl sites for hydroxylation is 1. The molecule has 0 aliphatic carbocycles. The van der Waals surface area contributed by atoms with Crippen LogP contribution in [0.2, 0.25) is 0 Å². The van der Waals surface area contributed by atoms with Gasteiger partial charge in [0.1, 0.15) is 24.3 Å². The van der Waals surface area contributed by atoms with Crippen LogP contribution < -0.4 is 4.74 Å². The van der Waals surface area contributed by atoms with Crippen molar-refractivity contribution in [2.24, 2.45) is 0 Å². The number of aliphatic hydroxyl groups is 1. The molecule has 1 aromatic heterocycles. The Kier molecular flexibility index (Phi) is 4.79. The van der Waals surface area contributed by atoms with Gasteiger partial charge in [0.2, 0.25) is 0 Å². The van der Waals surface area contributed by atoms with Crippen LogP contribution in [0.5, 0.6) is 5.75 Å². The largest absolute Gasteiger partial charge is 0.491 e. The lowest BCUT2D eigenvalue weighted by molar-refractivity contribution is 0.0915. The van der Waals surface area contributed by atoms with E-state index in [0.29, 0.717) is 12.5 Å². The van der Waals surface area contributed by atoms with Crippen LogP contribution in [-0.4, -0.2) is 27.4 Å². The minimum Gasteiger partial charge on any atom is -0.491 e. The van der Waals surface area contributed by atoms with E-state index in [4.69, 9.17) is 4.74 Å². The number of ether oxygens (including phenoxy) is 1. The van der Waals surface area contributed by atoms with E-state index < -0.39 is 6.10 Å². The number of aromatic nitrogens is 2. The van der Waals surface area contributed by atoms with Crippen LogP contribution in [0.3, 0.4) is 0 Å². The lowest BCUT2D eigenvalue weighted by Gasteiger charge is -2.16. The van der Waals surface area contributed by atoms with Crippen LogP contribution in [0.1, 0.15) is 31.2 Å². The van der Waals surface area contributed by atoms with Crippen molar-refractivity contribution in [3.63, 3.8) is 0 Å². The fourth-order valence-electron chi connectivity index (χ4n) is 2.15. The smallest absolute Gasteiger partial charge is 0.119 e. The molecule has 2 rings (SSSR count). The maximum absolute atomic E-state index is 10.1. The molecule has 4 heteroatoms. The first-order chi connectivity index (χ1) is 9.56. The number of benzene rings is 1. The van der Waals surface area contributed by atoms with Crippen LogP contribution in [0.15, 0.2) is 36.7 Å². The Morgan fingerprint density at radius 1 is 1.35 bits per heavy atom. The molecule has 0 aliphatic heterocycles. The van der Waals surface area contributed by atoms with Gasteiger partial charge in [-0.25, -0.2) is 4.98 Å². The molecule has 0 radical (unpaired) electrons. The molecule has 0 aliphatic rings. The van der Waals surface area contributed by atoms with Crippen molar-refractivity contribution in [3.05, 3.63) is 48.0 Å². The molecule has 1 atom stereocenters. The fourth-order valence-corrected chi connectivity index (χ4v) is 2.15. The van der Waals surface area contributed by atoms with E-state index in [1.165, 1.54) is 0 Å². The van der Waals surface area contributed by atoms with Crippen molar-refractivity contribution in [3.8, 4) is 5.75 Å². The standard InChI is InChI=1S/C16H22N2O2/c1-12(2)16-17-7-8-18(16)10-14(19)11-20-15-6-4-5-13(3)9-15/h4-9,12,14,19H,10-11H2,1-3H3. The number of hydrogen-bond donors (Lipinski definition) is 1. The summed E-state index contributed by atoms with van der Waals surface area (Å²) in [5.41, 5.74) is 1.15. The number of hydrogen-bond acceptors (Lipinski definition) is 3. The second kappa shape index (κ2) is 6.57. The van der Waals surface area contributed by atoms with Crippen molar-refractivity contribution >= 4 is 0 Å². The summed E-state index contributed by atoms with van der Waals surface area (Å²) in [6.07, 6.45) is 3.11. The maximum Gasteiger partial charge on any atom is 0.119 e. The van der Waals surface area contributed by atoms with Crippen molar-refractivity contribution in [1.82, 2.24) is 9.55 Å². The lowest BCUT2D eigenvalue weighted by atomic mass is 10.2. The maximum atomic E-state index is 10.1. The molecular weight excluding hydrogens is 252 g/mol. The van der Waals surface area contributed by atoms with Crippen LogP contribution in [-0.2, 0) is 6.54 Å². The van der Waals surface area contributed by atoms with Gasteiger partial charge in [-0.1, -0.05) is 26.0 Å². The predicted molar refractivity (Wildman–Crippen MR) is 79.0 cm³/mol. The van der Waals surface area contributed by atoms with Gasteiger partial charge in [-0.3, -0.25) is 0 Å². The second-order valence-electron chi connectivity index (χ2n) is 5.37. The second-order valence-corrected chi connectivity index (χ2v) is 5.37. The molecular formula is C16H22N2O2. The van der Waals surface area contributed by atoms with Gasteiger partial charge >= 0.3 is 0 Å². The topological polar surface area (TPSA) is 47.3 Å². The first-order valence-corrected chi connectivity index (χ1v) is 6.95. The van der Waals surface area contributed by atoms with E-state index in [2.05, 4.69) is 18.8 Å². The van der Waals surface area contributed by atoms with Crippen molar-refractivity contribution < 1.29 is 9.84 Å².